The lowest BCUT2D eigenvalue weighted by Crippen LogP contribution is -2.64. The molecule has 1 N–H and O–H groups in total. The molecule has 2 heterocycles. The van der Waals surface area contributed by atoms with Crippen LogP contribution in [0, 0.1) is 5.92 Å². The van der Waals surface area contributed by atoms with Crippen molar-refractivity contribution in [1.82, 2.24) is 4.90 Å². The zero-order valence-corrected chi connectivity index (χ0v) is 21.3. The van der Waals surface area contributed by atoms with Crippen molar-refractivity contribution < 1.29 is 24.1 Å². The minimum atomic E-state index is -0.683. The Morgan fingerprint density at radius 1 is 1.14 bits per heavy atom. The third-order valence-electron chi connectivity index (χ3n) is 9.27. The van der Waals surface area contributed by atoms with E-state index in [0.29, 0.717) is 17.5 Å². The van der Waals surface area contributed by atoms with E-state index in [9.17, 15) is 9.90 Å². The van der Waals surface area contributed by atoms with E-state index in [-0.39, 0.29) is 23.4 Å². The molecule has 1 fully saturated rings. The summed E-state index contributed by atoms with van der Waals surface area (Å²) in [7, 11) is 3.84. The molecule has 2 bridgehead atoms. The number of likely N-dealkylation sites (tertiary alicyclic amines) is 1. The van der Waals surface area contributed by atoms with Crippen LogP contribution in [0.3, 0.4) is 0 Å². The molecule has 4 aliphatic rings. The van der Waals surface area contributed by atoms with Gasteiger partial charge >= 0.3 is 5.97 Å². The molecule has 7 rings (SSSR count). The third-order valence-corrected chi connectivity index (χ3v) is 9.27. The van der Waals surface area contributed by atoms with Crippen LogP contribution >= 0.6 is 0 Å². The third kappa shape index (κ3) is 3.15. The molecule has 0 aromatic heterocycles. The van der Waals surface area contributed by atoms with Crippen molar-refractivity contribution in [2.24, 2.45) is 5.92 Å². The van der Waals surface area contributed by atoms with E-state index >= 15 is 0 Å². The number of carbonyl (C=O) groups excluding carboxylic acids is 1. The first-order chi connectivity index (χ1) is 17.9. The fraction of sp³-hybridized carbons (Fsp3) is 0.387. The number of ether oxygens (including phenoxy) is 3. The highest BCUT2D eigenvalue weighted by molar-refractivity contribution is 5.87. The Hall–Kier alpha value is -3.35. The van der Waals surface area contributed by atoms with Gasteiger partial charge in [-0.1, -0.05) is 42.5 Å². The fourth-order valence-electron chi connectivity index (χ4n) is 7.28. The molecular formula is C31H31NO5. The number of aliphatic hydroxyl groups excluding tert-OH is 1. The van der Waals surface area contributed by atoms with Crippen LogP contribution in [-0.2, 0) is 16.6 Å². The molecule has 6 atom stereocenters. The molecular weight excluding hydrogens is 466 g/mol. The van der Waals surface area contributed by atoms with Crippen LogP contribution in [0.2, 0.25) is 0 Å². The monoisotopic (exact) mass is 497 g/mol. The van der Waals surface area contributed by atoms with Crippen molar-refractivity contribution in [1.29, 1.82) is 0 Å². The van der Waals surface area contributed by atoms with Crippen LogP contribution in [0.5, 0.6) is 17.2 Å². The molecule has 6 nitrogen and oxygen atoms in total. The van der Waals surface area contributed by atoms with Crippen molar-refractivity contribution in [2.75, 3.05) is 20.7 Å². The van der Waals surface area contributed by atoms with Gasteiger partial charge in [0.05, 0.1) is 13.0 Å². The predicted molar refractivity (Wildman–Crippen MR) is 140 cm³/mol. The normalized spacial score (nSPS) is 29.9. The number of nitrogens with zero attached hydrogens (tertiary/aromatic N) is 1. The Morgan fingerprint density at radius 2 is 1.95 bits per heavy atom. The summed E-state index contributed by atoms with van der Waals surface area (Å²) in [5, 5.41) is 13.0. The Labute approximate surface area is 216 Å². The van der Waals surface area contributed by atoms with Crippen molar-refractivity contribution in [3.8, 4) is 17.2 Å². The van der Waals surface area contributed by atoms with E-state index in [1.54, 1.807) is 7.11 Å². The van der Waals surface area contributed by atoms with Crippen molar-refractivity contribution in [2.45, 2.75) is 49.3 Å². The molecule has 0 saturated carbocycles. The highest BCUT2D eigenvalue weighted by Gasteiger charge is 2.64. The smallest absolute Gasteiger partial charge is 0.318 e. The molecule has 2 aliphatic carbocycles. The van der Waals surface area contributed by atoms with Crippen LogP contribution in [-0.4, -0.2) is 54.9 Å². The summed E-state index contributed by atoms with van der Waals surface area (Å²) >= 11 is 0. The van der Waals surface area contributed by atoms with Gasteiger partial charge in [-0.25, -0.2) is 0 Å². The van der Waals surface area contributed by atoms with Gasteiger partial charge in [0.2, 0.25) is 0 Å². The zero-order chi connectivity index (χ0) is 25.5. The number of aliphatic hydroxyl groups is 1. The van der Waals surface area contributed by atoms with Gasteiger partial charge in [0.25, 0.3) is 0 Å². The average molecular weight is 498 g/mol. The second-order valence-electron chi connectivity index (χ2n) is 11.0. The molecule has 3 unspecified atom stereocenters. The summed E-state index contributed by atoms with van der Waals surface area (Å²) < 4.78 is 17.9. The second kappa shape index (κ2) is 8.07. The first-order valence-corrected chi connectivity index (χ1v) is 13.1. The maximum atomic E-state index is 13.4. The summed E-state index contributed by atoms with van der Waals surface area (Å²) in [5.74, 6) is 1.39. The minimum absolute atomic E-state index is 0.273. The number of benzene rings is 3. The molecule has 3 aromatic carbocycles. The lowest BCUT2D eigenvalue weighted by molar-refractivity contribution is -0.135. The molecule has 3 aromatic rings. The molecule has 0 amide bonds. The topological polar surface area (TPSA) is 68.2 Å². The average Bonchev–Trinajstić information content (AvgIpc) is 3.27. The van der Waals surface area contributed by atoms with E-state index in [2.05, 4.69) is 24.1 Å². The molecule has 37 heavy (non-hydrogen) atoms. The summed E-state index contributed by atoms with van der Waals surface area (Å²) in [6, 6.07) is 16.2. The van der Waals surface area contributed by atoms with Gasteiger partial charge in [0.1, 0.15) is 18.0 Å². The van der Waals surface area contributed by atoms with E-state index in [4.69, 9.17) is 14.2 Å². The van der Waals surface area contributed by atoms with E-state index in [1.165, 1.54) is 5.56 Å². The number of fused-ring (bicyclic) bond motifs is 1. The van der Waals surface area contributed by atoms with Crippen LogP contribution in [0.1, 0.15) is 36.0 Å². The van der Waals surface area contributed by atoms with Crippen molar-refractivity contribution >= 4 is 16.7 Å². The number of carbonyl (C=O) groups is 1. The fourth-order valence-corrected chi connectivity index (χ4v) is 7.28. The van der Waals surface area contributed by atoms with Gasteiger partial charge in [-0.05, 0) is 73.5 Å². The summed E-state index contributed by atoms with van der Waals surface area (Å²) in [5.41, 5.74) is 3.00. The lowest BCUT2D eigenvalue weighted by Gasteiger charge is -2.56. The Morgan fingerprint density at radius 3 is 2.78 bits per heavy atom. The first-order valence-electron chi connectivity index (χ1n) is 13.1. The molecule has 6 heteroatoms. The zero-order valence-electron chi connectivity index (χ0n) is 21.3. The van der Waals surface area contributed by atoms with Crippen LogP contribution in [0.4, 0.5) is 0 Å². The van der Waals surface area contributed by atoms with E-state index in [0.717, 1.165) is 47.0 Å². The number of likely N-dealkylation sites (N-methyl/N-ethyl adjacent to an activating group) is 1. The largest absolute Gasteiger partial charge is 0.497 e. The van der Waals surface area contributed by atoms with Gasteiger partial charge < -0.3 is 24.2 Å². The van der Waals surface area contributed by atoms with Gasteiger partial charge in [-0.2, -0.15) is 0 Å². The molecule has 1 spiro atoms. The molecule has 1 saturated heterocycles. The van der Waals surface area contributed by atoms with Crippen molar-refractivity contribution in [3.63, 3.8) is 0 Å². The van der Waals surface area contributed by atoms with Gasteiger partial charge in [-0.3, -0.25) is 4.79 Å². The SMILES string of the molecule is COc1ccc2cc(C(C)C(=O)Oc3ccc4c5c3O[C@H]3C(O)C=CC6[C@@H](C4)N(C)CC[C@@]563)ccc2c1. The van der Waals surface area contributed by atoms with Crippen molar-refractivity contribution in [3.05, 3.63) is 77.4 Å². The molecule has 2 aliphatic heterocycles. The highest BCUT2D eigenvalue weighted by Crippen LogP contribution is 2.62. The van der Waals surface area contributed by atoms with Gasteiger partial charge in [-0.15, -0.1) is 0 Å². The van der Waals surface area contributed by atoms with E-state index in [1.807, 2.05) is 55.5 Å². The van der Waals surface area contributed by atoms with Crippen LogP contribution in [0.15, 0.2) is 60.7 Å². The molecule has 0 radical (unpaired) electrons. The van der Waals surface area contributed by atoms with Gasteiger partial charge in [0.15, 0.2) is 11.5 Å². The Bertz CT molecular complexity index is 1460. The number of hydrogen-bond acceptors (Lipinski definition) is 6. The summed E-state index contributed by atoms with van der Waals surface area (Å²) in [6.45, 7) is 2.82. The Kier molecular flexibility index (Phi) is 4.98. The van der Waals surface area contributed by atoms with Crippen LogP contribution < -0.4 is 14.2 Å². The number of rotatable bonds is 4. The van der Waals surface area contributed by atoms with Gasteiger partial charge in [0, 0.05) is 22.9 Å². The Balaban J connectivity index is 1.22. The standard InChI is InChI=1S/C31H31NO5/c1-17(18-4-5-20-15-22(35-3)8-6-19(20)14-18)30(34)36-26-11-7-21-16-24-23-9-10-25(33)29-31(23,12-13-32(24)2)27(21)28(26)37-29/h4-11,14-15,17,23-25,29,33H,12-13,16H2,1-3H3/t17?,23?,24-,25?,29+,31+/m1/s1. The minimum Gasteiger partial charge on any atom is -0.497 e. The highest BCUT2D eigenvalue weighted by atomic mass is 16.6. The number of piperidine rings is 1. The number of hydrogen-bond donors (Lipinski definition) is 1. The quantitative estimate of drug-likeness (QED) is 0.328. The summed E-state index contributed by atoms with van der Waals surface area (Å²) in [6.07, 6.45) is 4.87. The number of esters is 1. The maximum Gasteiger partial charge on any atom is 0.318 e. The summed E-state index contributed by atoms with van der Waals surface area (Å²) in [4.78, 5) is 15.8. The van der Waals surface area contributed by atoms with Crippen LogP contribution in [0.25, 0.3) is 10.8 Å². The van der Waals surface area contributed by atoms with E-state index < -0.39 is 12.0 Å². The number of methoxy groups -OCH3 is 1. The first kappa shape index (κ1) is 22.8. The second-order valence-corrected chi connectivity index (χ2v) is 11.0. The lowest BCUT2D eigenvalue weighted by atomic mass is 9.53. The maximum absolute atomic E-state index is 13.4. The molecule has 190 valence electrons. The predicted octanol–water partition coefficient (Wildman–Crippen LogP) is 4.36.